The van der Waals surface area contributed by atoms with E-state index in [0.29, 0.717) is 47.9 Å². The van der Waals surface area contributed by atoms with E-state index in [1.807, 2.05) is 13.0 Å². The van der Waals surface area contributed by atoms with Gasteiger partial charge in [-0.05, 0) is 98.6 Å². The first kappa shape index (κ1) is 23.5. The van der Waals surface area contributed by atoms with E-state index < -0.39 is 5.60 Å². The highest BCUT2D eigenvalue weighted by Gasteiger charge is 2.64. The molecule has 3 aliphatic rings. The van der Waals surface area contributed by atoms with Gasteiger partial charge in [0.25, 0.3) is 0 Å². The number of aryl methyl sites for hydroxylation is 2. The number of carbonyl (C=O) groups excluding carboxylic acids is 1. The zero-order valence-electron chi connectivity index (χ0n) is 20.0. The second kappa shape index (κ2) is 8.76. The Morgan fingerprint density at radius 3 is 2.94 bits per heavy atom. The van der Waals surface area contributed by atoms with Gasteiger partial charge in [0.2, 0.25) is 5.91 Å². The van der Waals surface area contributed by atoms with Crippen LogP contribution in [-0.4, -0.2) is 32.9 Å². The van der Waals surface area contributed by atoms with Gasteiger partial charge in [-0.2, -0.15) is 0 Å². The van der Waals surface area contributed by atoms with Crippen molar-refractivity contribution in [3.05, 3.63) is 40.4 Å². The van der Waals surface area contributed by atoms with Gasteiger partial charge in [0.05, 0.1) is 5.60 Å². The first-order chi connectivity index (χ1) is 16.2. The summed E-state index contributed by atoms with van der Waals surface area (Å²) in [4.78, 5) is 18.0. The molecule has 1 heterocycles. The van der Waals surface area contributed by atoms with Crippen LogP contribution >= 0.6 is 11.3 Å². The second-order valence-corrected chi connectivity index (χ2v) is 12.2. The van der Waals surface area contributed by atoms with Crippen LogP contribution in [0.2, 0.25) is 0 Å². The molecule has 7 heteroatoms. The van der Waals surface area contributed by atoms with Gasteiger partial charge >= 0.3 is 0 Å². The number of phenolic OH excluding ortho intramolecular Hbond substituents is 1. The monoisotopic (exact) mass is 481 g/mol. The minimum Gasteiger partial charge on any atom is -0.508 e. The van der Waals surface area contributed by atoms with Gasteiger partial charge in [0.1, 0.15) is 5.75 Å². The summed E-state index contributed by atoms with van der Waals surface area (Å²) in [6.07, 6.45) is 9.25. The van der Waals surface area contributed by atoms with Gasteiger partial charge in [-0.3, -0.25) is 4.79 Å². The van der Waals surface area contributed by atoms with Crippen molar-refractivity contribution in [2.75, 3.05) is 5.32 Å². The molecular weight excluding hydrogens is 446 g/mol. The summed E-state index contributed by atoms with van der Waals surface area (Å²) in [6.45, 7) is 4.21. The molecule has 5 rings (SSSR count). The Labute approximate surface area is 205 Å². The summed E-state index contributed by atoms with van der Waals surface area (Å²) in [5, 5.41) is 33.2. The van der Waals surface area contributed by atoms with Crippen molar-refractivity contribution in [3.8, 4) is 5.75 Å². The first-order valence-corrected chi connectivity index (χ1v) is 13.3. The summed E-state index contributed by atoms with van der Waals surface area (Å²) in [7, 11) is 0. The molecule has 0 saturated heterocycles. The Kier molecular flexibility index (Phi) is 6.05. The smallest absolute Gasteiger partial charge is 0.226 e. The van der Waals surface area contributed by atoms with Crippen molar-refractivity contribution in [3.63, 3.8) is 0 Å². The third-order valence-corrected chi connectivity index (χ3v) is 10.0. The lowest BCUT2D eigenvalue weighted by Gasteiger charge is -2.54. The number of nitrogens with one attached hydrogen (secondary N) is 2. The molecule has 6 atom stereocenters. The SMILES string of the molecule is Cc1cnc(NC(=O)CCC2CC(O)(CC=N)C3(C)CCC4c5ccc(O)cc5CCC4C23)s1. The van der Waals surface area contributed by atoms with Crippen LogP contribution in [0.5, 0.6) is 5.75 Å². The molecule has 1 aromatic heterocycles. The van der Waals surface area contributed by atoms with E-state index in [1.54, 1.807) is 12.3 Å². The minimum atomic E-state index is -0.896. The van der Waals surface area contributed by atoms with Gasteiger partial charge in [-0.1, -0.05) is 13.0 Å². The molecule has 0 bridgehead atoms. The highest BCUT2D eigenvalue weighted by Crippen LogP contribution is 2.67. The number of anilines is 1. The number of hydrogen-bond acceptors (Lipinski definition) is 6. The largest absolute Gasteiger partial charge is 0.508 e. The van der Waals surface area contributed by atoms with Crippen molar-refractivity contribution in [2.24, 2.45) is 23.2 Å². The van der Waals surface area contributed by atoms with Crippen molar-refractivity contribution >= 4 is 28.6 Å². The lowest BCUT2D eigenvalue weighted by Crippen LogP contribution is -2.51. The number of rotatable bonds is 6. The van der Waals surface area contributed by atoms with Crippen LogP contribution in [-0.2, 0) is 11.2 Å². The Morgan fingerprint density at radius 1 is 1.38 bits per heavy atom. The minimum absolute atomic E-state index is 0.0182. The molecule has 3 aliphatic carbocycles. The predicted molar refractivity (Wildman–Crippen MR) is 135 cm³/mol. The maximum absolute atomic E-state index is 12.7. The van der Waals surface area contributed by atoms with E-state index >= 15 is 0 Å². The third kappa shape index (κ3) is 3.87. The van der Waals surface area contributed by atoms with E-state index in [4.69, 9.17) is 5.41 Å². The van der Waals surface area contributed by atoms with Crippen LogP contribution in [0.3, 0.4) is 0 Å². The van der Waals surface area contributed by atoms with Gasteiger partial charge < -0.3 is 20.9 Å². The number of nitrogens with zero attached hydrogens (tertiary/aromatic N) is 1. The molecule has 0 radical (unpaired) electrons. The highest BCUT2D eigenvalue weighted by molar-refractivity contribution is 7.15. The topological polar surface area (TPSA) is 106 Å². The number of benzene rings is 1. The van der Waals surface area contributed by atoms with Crippen LogP contribution in [0.4, 0.5) is 5.13 Å². The quantitative estimate of drug-likeness (QED) is 0.413. The second-order valence-electron chi connectivity index (χ2n) is 10.9. The molecule has 34 heavy (non-hydrogen) atoms. The number of aromatic nitrogens is 1. The fraction of sp³-hybridized carbons (Fsp3) is 0.593. The number of aromatic hydroxyl groups is 1. The molecule has 6 nitrogen and oxygen atoms in total. The number of amides is 1. The van der Waals surface area contributed by atoms with Gasteiger partial charge in [-0.15, -0.1) is 11.3 Å². The van der Waals surface area contributed by atoms with Crippen LogP contribution in [0.1, 0.15) is 73.8 Å². The molecule has 2 fully saturated rings. The van der Waals surface area contributed by atoms with Crippen molar-refractivity contribution < 1.29 is 15.0 Å². The maximum Gasteiger partial charge on any atom is 0.226 e. The number of phenols is 1. The normalized spacial score (nSPS) is 34.1. The van der Waals surface area contributed by atoms with Crippen LogP contribution in [0, 0.1) is 35.5 Å². The van der Waals surface area contributed by atoms with Crippen molar-refractivity contribution in [1.29, 1.82) is 5.41 Å². The van der Waals surface area contributed by atoms with Crippen LogP contribution in [0.25, 0.3) is 0 Å². The molecule has 1 aromatic carbocycles. The molecular formula is C27H35N3O3S. The van der Waals surface area contributed by atoms with Gasteiger partial charge in [0.15, 0.2) is 5.13 Å². The standard InChI is InChI=1S/C27H35N3O3S/c1-16-15-29-25(34-16)30-23(32)8-4-18-14-27(33,11-12-28)26(2)10-9-21-20-7-5-19(31)13-17(20)3-6-22(21)24(18)26/h5,7,12-13,15,18,21-22,24,28,31,33H,3-4,6,8-11,14H2,1-2H3,(H,29,30,32). The first-order valence-electron chi connectivity index (χ1n) is 12.5. The maximum atomic E-state index is 12.7. The Bertz CT molecular complexity index is 1100. The van der Waals surface area contributed by atoms with E-state index in [9.17, 15) is 15.0 Å². The Morgan fingerprint density at radius 2 is 2.21 bits per heavy atom. The molecule has 0 aliphatic heterocycles. The van der Waals surface area contributed by atoms with Gasteiger partial charge in [-0.25, -0.2) is 4.98 Å². The van der Waals surface area contributed by atoms with E-state index in [-0.39, 0.29) is 17.2 Å². The van der Waals surface area contributed by atoms with Gasteiger partial charge in [0, 0.05) is 29.3 Å². The van der Waals surface area contributed by atoms with E-state index in [2.05, 4.69) is 23.3 Å². The van der Waals surface area contributed by atoms with Crippen LogP contribution in [0.15, 0.2) is 24.4 Å². The number of hydrogen-bond donors (Lipinski definition) is 4. The Balaban J connectivity index is 1.39. The fourth-order valence-corrected chi connectivity index (χ4v) is 8.38. The average molecular weight is 482 g/mol. The van der Waals surface area contributed by atoms with E-state index in [0.717, 1.165) is 37.0 Å². The molecule has 0 spiro atoms. The summed E-state index contributed by atoms with van der Waals surface area (Å²) < 4.78 is 0. The average Bonchev–Trinajstić information content (AvgIpc) is 3.30. The third-order valence-electron chi connectivity index (χ3n) is 9.18. The zero-order valence-corrected chi connectivity index (χ0v) is 20.8. The summed E-state index contributed by atoms with van der Waals surface area (Å²) in [5.74, 6) is 1.75. The fourth-order valence-electron chi connectivity index (χ4n) is 7.70. The molecule has 182 valence electrons. The number of fused-ring (bicyclic) bond motifs is 5. The number of carbonyl (C=O) groups is 1. The lowest BCUT2D eigenvalue weighted by molar-refractivity contribution is -0.116. The lowest BCUT2D eigenvalue weighted by atomic mass is 9.52. The molecule has 1 amide bonds. The summed E-state index contributed by atoms with van der Waals surface area (Å²) >= 11 is 1.48. The van der Waals surface area contributed by atoms with Crippen molar-refractivity contribution in [2.45, 2.75) is 76.7 Å². The molecule has 2 saturated carbocycles. The highest BCUT2D eigenvalue weighted by atomic mass is 32.1. The predicted octanol–water partition coefficient (Wildman–Crippen LogP) is 5.43. The number of thiazole rings is 1. The molecule has 4 N–H and O–H groups in total. The Hall–Kier alpha value is -2.25. The summed E-state index contributed by atoms with van der Waals surface area (Å²) in [5.41, 5.74) is 1.46. The van der Waals surface area contributed by atoms with Crippen LogP contribution < -0.4 is 5.32 Å². The zero-order chi connectivity index (χ0) is 24.1. The van der Waals surface area contributed by atoms with E-state index in [1.165, 1.54) is 28.7 Å². The number of aliphatic hydroxyl groups is 1. The summed E-state index contributed by atoms with van der Waals surface area (Å²) in [6, 6.07) is 5.82. The molecule has 6 unspecified atom stereocenters. The van der Waals surface area contributed by atoms with Crippen molar-refractivity contribution in [1.82, 2.24) is 4.98 Å². The molecule has 2 aromatic rings.